The summed E-state index contributed by atoms with van der Waals surface area (Å²) in [7, 11) is 0.690. The van der Waals surface area contributed by atoms with Crippen LogP contribution in [-0.4, -0.2) is 53.0 Å². The molecule has 168 valence electrons. The zero-order chi connectivity index (χ0) is 22.6. The van der Waals surface area contributed by atoms with Crippen LogP contribution in [0.5, 0.6) is 17.2 Å². The summed E-state index contributed by atoms with van der Waals surface area (Å²) in [4.78, 5) is 13.1. The molecule has 0 aromatic heterocycles. The molecule has 1 aliphatic heterocycles. The molecule has 1 fully saturated rings. The molecule has 1 atom stereocenters. The summed E-state index contributed by atoms with van der Waals surface area (Å²) in [5.74, 6) is 0.616. The molecule has 2 aromatic rings. The van der Waals surface area contributed by atoms with E-state index in [9.17, 15) is 13.2 Å². The number of carbonyl (C=O) groups is 1. The van der Waals surface area contributed by atoms with Gasteiger partial charge in [-0.1, -0.05) is 6.07 Å². The number of benzene rings is 2. The van der Waals surface area contributed by atoms with Gasteiger partial charge < -0.3 is 19.5 Å². The monoisotopic (exact) mass is 448 g/mol. The Morgan fingerprint density at radius 2 is 1.74 bits per heavy atom. The maximum Gasteiger partial charge on any atom is 0.246 e. The van der Waals surface area contributed by atoms with E-state index in [2.05, 4.69) is 5.32 Å². The van der Waals surface area contributed by atoms with Crippen LogP contribution in [0.3, 0.4) is 0 Å². The molecule has 0 aliphatic carbocycles. The zero-order valence-electron chi connectivity index (χ0n) is 18.2. The van der Waals surface area contributed by atoms with E-state index in [0.29, 0.717) is 42.3 Å². The van der Waals surface area contributed by atoms with Crippen LogP contribution in [0.15, 0.2) is 41.3 Å². The fourth-order valence-electron chi connectivity index (χ4n) is 3.65. The number of methoxy groups -OCH3 is 3. The highest BCUT2D eigenvalue weighted by atomic mass is 32.2. The number of piperidine rings is 1. The van der Waals surface area contributed by atoms with Gasteiger partial charge in [-0.05, 0) is 49.6 Å². The Morgan fingerprint density at radius 3 is 2.42 bits per heavy atom. The standard InChI is InChI=1S/C22H28N2O6S/c1-15-7-9-20(30-4)21(12-15)31(26,27)24-11-5-6-16(14-24)22(25)23-18-13-17(28-2)8-10-19(18)29-3/h7-10,12-13,16H,5-6,11,14H2,1-4H3,(H,23,25)/t16-/m1/s1. The third-order valence-corrected chi connectivity index (χ3v) is 7.24. The fraction of sp³-hybridized carbons (Fsp3) is 0.409. The normalized spacial score (nSPS) is 17.1. The van der Waals surface area contributed by atoms with Gasteiger partial charge in [-0.15, -0.1) is 0 Å². The number of nitrogens with one attached hydrogen (secondary N) is 1. The maximum atomic E-state index is 13.3. The lowest BCUT2D eigenvalue weighted by molar-refractivity contribution is -0.120. The van der Waals surface area contributed by atoms with Gasteiger partial charge >= 0.3 is 0 Å². The first-order valence-electron chi connectivity index (χ1n) is 9.97. The summed E-state index contributed by atoms with van der Waals surface area (Å²) in [5.41, 5.74) is 1.29. The quantitative estimate of drug-likeness (QED) is 0.700. The number of nitrogens with zero attached hydrogens (tertiary/aromatic N) is 1. The van der Waals surface area contributed by atoms with Gasteiger partial charge in [0.1, 0.15) is 22.1 Å². The molecule has 0 unspecified atom stereocenters. The third-order valence-electron chi connectivity index (χ3n) is 5.36. The van der Waals surface area contributed by atoms with Gasteiger partial charge in [-0.3, -0.25) is 4.79 Å². The summed E-state index contributed by atoms with van der Waals surface area (Å²) < 4.78 is 43.8. The molecule has 8 nitrogen and oxygen atoms in total. The van der Waals surface area contributed by atoms with Crippen LogP contribution in [0.25, 0.3) is 0 Å². The molecule has 0 bridgehead atoms. The molecular formula is C22H28N2O6S. The first kappa shape index (κ1) is 22.9. The van der Waals surface area contributed by atoms with Crippen molar-refractivity contribution >= 4 is 21.6 Å². The molecule has 1 heterocycles. The van der Waals surface area contributed by atoms with E-state index in [0.717, 1.165) is 5.56 Å². The number of anilines is 1. The van der Waals surface area contributed by atoms with Crippen molar-refractivity contribution in [1.29, 1.82) is 0 Å². The highest BCUT2D eigenvalue weighted by Crippen LogP contribution is 2.32. The molecule has 0 saturated carbocycles. The predicted octanol–water partition coefficient (Wildman–Crippen LogP) is 3.06. The van der Waals surface area contributed by atoms with Gasteiger partial charge in [0, 0.05) is 19.2 Å². The van der Waals surface area contributed by atoms with Crippen molar-refractivity contribution in [3.05, 3.63) is 42.0 Å². The van der Waals surface area contributed by atoms with E-state index in [-0.39, 0.29) is 17.3 Å². The van der Waals surface area contributed by atoms with Gasteiger partial charge in [-0.25, -0.2) is 8.42 Å². The average molecular weight is 449 g/mol. The second-order valence-electron chi connectivity index (χ2n) is 7.41. The zero-order valence-corrected chi connectivity index (χ0v) is 19.0. The fourth-order valence-corrected chi connectivity index (χ4v) is 5.41. The lowest BCUT2D eigenvalue weighted by atomic mass is 9.98. The number of hydrogen-bond donors (Lipinski definition) is 1. The van der Waals surface area contributed by atoms with E-state index in [4.69, 9.17) is 14.2 Å². The summed E-state index contributed by atoms with van der Waals surface area (Å²) >= 11 is 0. The average Bonchev–Trinajstić information content (AvgIpc) is 2.79. The number of carbonyl (C=O) groups excluding carboxylic acids is 1. The molecule has 0 spiro atoms. The van der Waals surface area contributed by atoms with Crippen LogP contribution >= 0.6 is 0 Å². The first-order valence-corrected chi connectivity index (χ1v) is 11.4. The summed E-state index contributed by atoms with van der Waals surface area (Å²) in [6.45, 7) is 2.27. The Labute approximate surface area is 183 Å². The maximum absolute atomic E-state index is 13.3. The number of sulfonamides is 1. The van der Waals surface area contributed by atoms with E-state index in [1.165, 1.54) is 25.6 Å². The lowest BCUT2D eigenvalue weighted by Crippen LogP contribution is -2.43. The molecule has 2 aromatic carbocycles. The highest BCUT2D eigenvalue weighted by Gasteiger charge is 2.35. The smallest absolute Gasteiger partial charge is 0.246 e. The van der Waals surface area contributed by atoms with Crippen molar-refractivity contribution in [2.75, 3.05) is 39.7 Å². The molecule has 0 radical (unpaired) electrons. The number of amides is 1. The Bertz CT molecular complexity index is 1050. The van der Waals surface area contributed by atoms with Crippen molar-refractivity contribution < 1.29 is 27.4 Å². The van der Waals surface area contributed by atoms with Gasteiger partial charge in [0.15, 0.2) is 0 Å². The van der Waals surface area contributed by atoms with E-state index < -0.39 is 15.9 Å². The number of ether oxygens (including phenoxy) is 3. The Kier molecular flexibility index (Phi) is 7.07. The minimum Gasteiger partial charge on any atom is -0.497 e. The molecule has 3 rings (SSSR count). The van der Waals surface area contributed by atoms with Crippen LogP contribution < -0.4 is 19.5 Å². The SMILES string of the molecule is COc1ccc(OC)c(NC(=O)[C@@H]2CCCN(S(=O)(=O)c3cc(C)ccc3OC)C2)c1. The minimum absolute atomic E-state index is 0.0948. The molecule has 31 heavy (non-hydrogen) atoms. The van der Waals surface area contributed by atoms with Crippen molar-refractivity contribution in [3.8, 4) is 17.2 Å². The Morgan fingerprint density at radius 1 is 1.03 bits per heavy atom. The summed E-state index contributed by atoms with van der Waals surface area (Å²) in [5, 5.41) is 2.86. The Balaban J connectivity index is 1.81. The summed E-state index contributed by atoms with van der Waals surface area (Å²) in [6, 6.07) is 10.1. The molecule has 1 saturated heterocycles. The van der Waals surface area contributed by atoms with Crippen molar-refractivity contribution in [3.63, 3.8) is 0 Å². The third kappa shape index (κ3) is 4.94. The number of rotatable bonds is 7. The Hall–Kier alpha value is -2.78. The topological polar surface area (TPSA) is 94.2 Å². The van der Waals surface area contributed by atoms with Crippen molar-refractivity contribution in [1.82, 2.24) is 4.31 Å². The predicted molar refractivity (Wildman–Crippen MR) is 117 cm³/mol. The second kappa shape index (κ2) is 9.57. The molecule has 1 N–H and O–H groups in total. The summed E-state index contributed by atoms with van der Waals surface area (Å²) in [6.07, 6.45) is 1.18. The minimum atomic E-state index is -3.81. The van der Waals surface area contributed by atoms with Crippen LogP contribution in [0, 0.1) is 12.8 Å². The molecule has 1 amide bonds. The number of hydrogen-bond acceptors (Lipinski definition) is 6. The van der Waals surface area contributed by atoms with Crippen LogP contribution in [-0.2, 0) is 14.8 Å². The first-order chi connectivity index (χ1) is 14.8. The van der Waals surface area contributed by atoms with Crippen molar-refractivity contribution in [2.24, 2.45) is 5.92 Å². The molecule has 1 aliphatic rings. The molecule has 9 heteroatoms. The van der Waals surface area contributed by atoms with Crippen LogP contribution in [0.2, 0.25) is 0 Å². The van der Waals surface area contributed by atoms with Gasteiger partial charge in [0.2, 0.25) is 15.9 Å². The molecular weight excluding hydrogens is 420 g/mol. The van der Waals surface area contributed by atoms with Crippen LogP contribution in [0.1, 0.15) is 18.4 Å². The van der Waals surface area contributed by atoms with Gasteiger partial charge in [0.25, 0.3) is 0 Å². The largest absolute Gasteiger partial charge is 0.497 e. The highest BCUT2D eigenvalue weighted by molar-refractivity contribution is 7.89. The lowest BCUT2D eigenvalue weighted by Gasteiger charge is -2.31. The van der Waals surface area contributed by atoms with E-state index >= 15 is 0 Å². The van der Waals surface area contributed by atoms with Gasteiger partial charge in [0.05, 0.1) is 32.9 Å². The van der Waals surface area contributed by atoms with Crippen LogP contribution in [0.4, 0.5) is 5.69 Å². The van der Waals surface area contributed by atoms with E-state index in [1.54, 1.807) is 36.4 Å². The van der Waals surface area contributed by atoms with E-state index in [1.807, 2.05) is 6.92 Å². The van der Waals surface area contributed by atoms with Gasteiger partial charge in [-0.2, -0.15) is 4.31 Å². The second-order valence-corrected chi connectivity index (χ2v) is 9.32. The number of aryl methyl sites for hydroxylation is 1. The van der Waals surface area contributed by atoms with Crippen molar-refractivity contribution in [2.45, 2.75) is 24.7 Å².